The minimum absolute atomic E-state index is 0.00133. The summed E-state index contributed by atoms with van der Waals surface area (Å²) < 4.78 is 63.3. The third kappa shape index (κ3) is 16.3. The van der Waals surface area contributed by atoms with E-state index < -0.39 is 67.0 Å². The van der Waals surface area contributed by atoms with Gasteiger partial charge in [-0.3, -0.25) is 13.9 Å². The number of carbonyl (C=O) groups excluding carboxylic acids is 3. The number of nitrogens with zero attached hydrogens (tertiary/aromatic N) is 5. The molecule has 1 aromatic heterocycles. The molecule has 278 valence electrons. The van der Waals surface area contributed by atoms with Crippen molar-refractivity contribution in [1.82, 2.24) is 20.2 Å². The van der Waals surface area contributed by atoms with E-state index in [9.17, 15) is 42.7 Å². The third-order valence-corrected chi connectivity index (χ3v) is 9.64. The second-order valence-electron chi connectivity index (χ2n) is 9.74. The molecule has 0 bridgehead atoms. The van der Waals surface area contributed by atoms with Gasteiger partial charge in [0.25, 0.3) is 0 Å². The number of rotatable bonds is 19. The van der Waals surface area contributed by atoms with Crippen LogP contribution >= 0.6 is 23.5 Å². The summed E-state index contributed by atoms with van der Waals surface area (Å²) in [6.45, 7) is -0.253. The van der Waals surface area contributed by atoms with Gasteiger partial charge in [0.1, 0.15) is 37.3 Å². The highest BCUT2D eigenvalue weighted by molar-refractivity contribution is 7.66. The minimum atomic E-state index is -5.80. The maximum absolute atomic E-state index is 12.7. The zero-order valence-corrected chi connectivity index (χ0v) is 28.6. The number of phosphoric ester groups is 1. The van der Waals surface area contributed by atoms with Crippen molar-refractivity contribution in [1.29, 1.82) is 0 Å². The van der Waals surface area contributed by atoms with E-state index in [1.54, 1.807) is 0 Å². The monoisotopic (exact) mass is 774 g/mol. The number of nitrogens with two attached hydrogens (primary N) is 1. The molecule has 25 nitrogen and oxygen atoms in total. The molecule has 0 radical (unpaired) electrons. The van der Waals surface area contributed by atoms with Gasteiger partial charge in [-0.15, -0.1) is 0 Å². The zero-order chi connectivity index (χ0) is 37.5. The Kier molecular flexibility index (Phi) is 16.7. The Balaban J connectivity index is 2.03. The SMILES string of the molecule is CC(=O)CCCNC(=O)CCOC(=O)NCC#Cc1cn([C@H]2CC(OCN=[N+]=[N-])[C@@H](COP(=O)(O)OP(=O)(O)OP(=O)(O)O)O2)c(=O)nc1N. The Morgan fingerprint density at radius 3 is 2.56 bits per heavy atom. The first-order chi connectivity index (χ1) is 23.3. The molecule has 0 aliphatic carbocycles. The molecule has 0 spiro atoms. The highest BCUT2D eigenvalue weighted by atomic mass is 31.3. The molecule has 28 heteroatoms. The Hall–Kier alpha value is -3.71. The summed E-state index contributed by atoms with van der Waals surface area (Å²) in [6.07, 6.45) is -2.94. The molecule has 2 heterocycles. The van der Waals surface area contributed by atoms with Gasteiger partial charge in [0.15, 0.2) is 0 Å². The average Bonchev–Trinajstić information content (AvgIpc) is 3.38. The van der Waals surface area contributed by atoms with Crippen LogP contribution in [0.5, 0.6) is 0 Å². The maximum Gasteiger partial charge on any atom is 0.490 e. The summed E-state index contributed by atoms with van der Waals surface area (Å²) >= 11 is 0. The van der Waals surface area contributed by atoms with Crippen LogP contribution in [0.15, 0.2) is 16.1 Å². The highest BCUT2D eigenvalue weighted by Gasteiger charge is 2.43. The molecule has 1 saturated heterocycles. The number of hydrogen-bond donors (Lipinski definition) is 7. The summed E-state index contributed by atoms with van der Waals surface area (Å²) in [5.41, 5.74) is 13.4. The number of phosphoric acid groups is 3. The largest absolute Gasteiger partial charge is 0.490 e. The van der Waals surface area contributed by atoms with Crippen molar-refractivity contribution in [2.45, 2.75) is 51.0 Å². The summed E-state index contributed by atoms with van der Waals surface area (Å²) in [4.78, 5) is 89.8. The van der Waals surface area contributed by atoms with E-state index in [0.717, 1.165) is 10.8 Å². The first-order valence-electron chi connectivity index (χ1n) is 13.9. The van der Waals surface area contributed by atoms with Gasteiger partial charge >= 0.3 is 35.3 Å². The van der Waals surface area contributed by atoms with Gasteiger partial charge in [0.2, 0.25) is 5.91 Å². The number of aromatic nitrogens is 2. The number of anilines is 1. The predicted molar refractivity (Wildman–Crippen MR) is 164 cm³/mol. The number of azide groups is 1. The number of carbonyl (C=O) groups is 3. The fourth-order valence-corrected chi connectivity index (χ4v) is 6.83. The van der Waals surface area contributed by atoms with E-state index in [0.29, 0.717) is 19.4 Å². The van der Waals surface area contributed by atoms with E-state index >= 15 is 0 Å². The van der Waals surface area contributed by atoms with Crippen LogP contribution in [0.1, 0.15) is 44.4 Å². The van der Waals surface area contributed by atoms with Gasteiger partial charge in [-0.1, -0.05) is 17.0 Å². The summed E-state index contributed by atoms with van der Waals surface area (Å²) in [5, 5.41) is 8.09. The average molecular weight is 774 g/mol. The second kappa shape index (κ2) is 19.6. The van der Waals surface area contributed by atoms with Crippen LogP contribution in [0.4, 0.5) is 10.6 Å². The molecule has 2 amide bonds. The Morgan fingerprint density at radius 2 is 1.90 bits per heavy atom. The summed E-state index contributed by atoms with van der Waals surface area (Å²) in [6, 6.07) is 0. The van der Waals surface area contributed by atoms with E-state index in [-0.39, 0.29) is 49.1 Å². The van der Waals surface area contributed by atoms with Gasteiger partial charge in [-0.2, -0.15) is 13.6 Å². The number of Topliss-reactive ketones (excluding diaryl/α,β-unsaturated/α-hetero) is 1. The molecule has 1 aliphatic rings. The van der Waals surface area contributed by atoms with Crippen molar-refractivity contribution < 1.29 is 75.0 Å². The molecule has 5 atom stereocenters. The predicted octanol–water partition coefficient (Wildman–Crippen LogP) is 0.0625. The molecule has 2 rings (SSSR count). The molecule has 1 aliphatic heterocycles. The van der Waals surface area contributed by atoms with Crippen molar-refractivity contribution >= 4 is 47.1 Å². The molecular formula is C22H33N8O17P3. The molecule has 1 fully saturated rings. The van der Waals surface area contributed by atoms with Crippen LogP contribution in [-0.4, -0.2) is 92.2 Å². The van der Waals surface area contributed by atoms with Gasteiger partial charge in [0.05, 0.1) is 31.2 Å². The van der Waals surface area contributed by atoms with E-state index in [1.165, 1.54) is 6.92 Å². The number of nitrogen functional groups attached to an aromatic ring is 1. The van der Waals surface area contributed by atoms with Crippen LogP contribution < -0.4 is 22.1 Å². The molecule has 8 N–H and O–H groups in total. The molecule has 1 aromatic rings. The molecule has 50 heavy (non-hydrogen) atoms. The van der Waals surface area contributed by atoms with Crippen LogP contribution in [0.3, 0.4) is 0 Å². The Labute approximate surface area is 281 Å². The van der Waals surface area contributed by atoms with E-state index in [2.05, 4.69) is 50.6 Å². The lowest BCUT2D eigenvalue weighted by Gasteiger charge is -2.21. The molecule has 0 aromatic carbocycles. The first-order valence-corrected chi connectivity index (χ1v) is 18.4. The quantitative estimate of drug-likeness (QED) is 0.0244. The van der Waals surface area contributed by atoms with E-state index in [4.69, 9.17) is 35.3 Å². The van der Waals surface area contributed by atoms with Crippen LogP contribution in [0.2, 0.25) is 0 Å². The number of amides is 2. The van der Waals surface area contributed by atoms with Crippen LogP contribution in [-0.2, 0) is 50.6 Å². The van der Waals surface area contributed by atoms with Crippen LogP contribution in [0, 0.1) is 11.8 Å². The highest BCUT2D eigenvalue weighted by Crippen LogP contribution is 2.66. The maximum atomic E-state index is 12.7. The molecule has 3 unspecified atom stereocenters. The minimum Gasteiger partial charge on any atom is -0.449 e. The lowest BCUT2D eigenvalue weighted by molar-refractivity contribution is -0.122. The van der Waals surface area contributed by atoms with Crippen molar-refractivity contribution in [2.75, 3.05) is 38.8 Å². The normalized spacial score (nSPS) is 19.5. The molecular weight excluding hydrogens is 741 g/mol. The number of alkyl carbamates (subject to hydrolysis) is 1. The van der Waals surface area contributed by atoms with Crippen molar-refractivity contribution in [3.8, 4) is 11.8 Å². The summed E-state index contributed by atoms with van der Waals surface area (Å²) in [7, 11) is -17.0. The lowest BCUT2D eigenvalue weighted by Crippen LogP contribution is -2.30. The lowest BCUT2D eigenvalue weighted by atomic mass is 10.2. The van der Waals surface area contributed by atoms with Gasteiger partial charge < -0.3 is 54.9 Å². The van der Waals surface area contributed by atoms with Crippen molar-refractivity contribution in [3.05, 3.63) is 32.7 Å². The second-order valence-corrected chi connectivity index (χ2v) is 14.2. The number of ketones is 1. The first kappa shape index (κ1) is 42.5. The number of nitrogens with one attached hydrogen (secondary N) is 2. The zero-order valence-electron chi connectivity index (χ0n) is 25.9. The Morgan fingerprint density at radius 1 is 1.18 bits per heavy atom. The summed E-state index contributed by atoms with van der Waals surface area (Å²) in [5.74, 6) is 4.49. The number of ether oxygens (including phenoxy) is 3. The topological polar surface area (TPSA) is 372 Å². The Bertz CT molecular complexity index is 1700. The van der Waals surface area contributed by atoms with Crippen LogP contribution in [0.25, 0.3) is 10.4 Å². The van der Waals surface area contributed by atoms with E-state index in [1.807, 2.05) is 0 Å². The smallest absolute Gasteiger partial charge is 0.449 e. The van der Waals surface area contributed by atoms with Gasteiger partial charge in [0, 0.05) is 30.5 Å². The fourth-order valence-electron chi connectivity index (χ4n) is 3.80. The van der Waals surface area contributed by atoms with Gasteiger partial charge in [-0.25, -0.2) is 23.3 Å². The third-order valence-electron chi connectivity index (χ3n) is 5.83. The van der Waals surface area contributed by atoms with Crippen molar-refractivity contribution in [2.24, 2.45) is 5.11 Å². The standard InChI is InChI=1S/C22H33N8O17P3/c1-14(31)4-2-7-25-18(32)6-9-42-22(34)26-8-3-5-15-11-30(21(33)28-20(15)23)19-10-16(43-13-27-29-24)17(45-19)12-44-49(38,39)47-50(40,41)46-48(35,36)37/h11,16-17,19H,2,4,6-10,12-13H2,1H3,(H,25,32)(H,26,34)(H,38,39)(H,40,41)(H2,23,28,33)(H2,35,36,37)/t16?,17-,19-/m1/s1. The number of hydrogen-bond acceptors (Lipinski definition) is 16. The molecule has 0 saturated carbocycles. The van der Waals surface area contributed by atoms with Gasteiger partial charge in [-0.05, 0) is 18.9 Å². The van der Waals surface area contributed by atoms with Crippen molar-refractivity contribution in [3.63, 3.8) is 0 Å². The fraction of sp³-hybridized carbons (Fsp3) is 0.591.